The van der Waals surface area contributed by atoms with Crippen LogP contribution < -0.4 is 5.73 Å². The van der Waals surface area contributed by atoms with Gasteiger partial charge in [-0.1, -0.05) is 64.2 Å². The van der Waals surface area contributed by atoms with Crippen molar-refractivity contribution in [2.45, 2.75) is 83.5 Å². The number of hydrogen-bond acceptors (Lipinski definition) is 1. The van der Waals surface area contributed by atoms with Crippen LogP contribution in [-0.2, 0) is 0 Å². The molecule has 1 nitrogen and oxygen atoms in total. The predicted molar refractivity (Wildman–Crippen MR) is 79.3 cm³/mol. The van der Waals surface area contributed by atoms with E-state index in [9.17, 15) is 0 Å². The third-order valence-electron chi connectivity index (χ3n) is 5.10. The Morgan fingerprint density at radius 3 is 1.56 bits per heavy atom. The first-order chi connectivity index (χ1) is 8.88. The van der Waals surface area contributed by atoms with Crippen LogP contribution in [0.5, 0.6) is 0 Å². The van der Waals surface area contributed by atoms with Crippen molar-refractivity contribution in [2.24, 2.45) is 17.6 Å². The van der Waals surface area contributed by atoms with Crippen molar-refractivity contribution in [3.63, 3.8) is 0 Å². The summed E-state index contributed by atoms with van der Waals surface area (Å²) < 4.78 is 0. The van der Waals surface area contributed by atoms with Crippen molar-refractivity contribution in [2.75, 3.05) is 6.54 Å². The highest BCUT2D eigenvalue weighted by Crippen LogP contribution is 2.37. The lowest BCUT2D eigenvalue weighted by Crippen LogP contribution is -2.18. The molecule has 2 fully saturated rings. The zero-order chi connectivity index (χ0) is 12.6. The quantitative estimate of drug-likeness (QED) is 0.716. The fourth-order valence-electron chi connectivity index (χ4n) is 4.09. The van der Waals surface area contributed by atoms with Crippen LogP contribution in [0.15, 0.2) is 0 Å². The molecule has 2 rings (SSSR count). The highest BCUT2D eigenvalue weighted by Gasteiger charge is 2.23. The second kappa shape index (κ2) is 8.19. The Morgan fingerprint density at radius 2 is 1.17 bits per heavy atom. The molecule has 105 valence electrons. The van der Waals surface area contributed by atoms with Gasteiger partial charge in [0.25, 0.3) is 0 Å². The summed E-state index contributed by atoms with van der Waals surface area (Å²) in [5, 5.41) is 0. The van der Waals surface area contributed by atoms with Gasteiger partial charge in [-0.15, -0.1) is 0 Å². The molecule has 0 atom stereocenters. The van der Waals surface area contributed by atoms with E-state index in [0.717, 1.165) is 18.4 Å². The molecule has 0 aromatic heterocycles. The van der Waals surface area contributed by atoms with Crippen LogP contribution >= 0.6 is 0 Å². The fraction of sp³-hybridized carbons (Fsp3) is 0.941. The monoisotopic (exact) mass is 250 g/mol. The van der Waals surface area contributed by atoms with Gasteiger partial charge in [0, 0.05) is 0 Å². The molecule has 0 spiro atoms. The van der Waals surface area contributed by atoms with Crippen LogP contribution in [0.1, 0.15) is 83.5 Å². The van der Waals surface area contributed by atoms with E-state index in [4.69, 9.17) is 5.73 Å². The Labute approximate surface area is 114 Å². The third-order valence-corrected chi connectivity index (χ3v) is 5.10. The standard InChI is InChI=1S/C17H32N/c18-12-11-17(13-15-7-3-1-4-8-15)14-16-9-5-2-6-10-16/h15-16H,1-14,18H2. The molecule has 2 aliphatic carbocycles. The van der Waals surface area contributed by atoms with E-state index in [2.05, 4.69) is 0 Å². The minimum Gasteiger partial charge on any atom is -0.330 e. The number of rotatable bonds is 6. The Bertz CT molecular complexity index is 182. The van der Waals surface area contributed by atoms with Crippen LogP contribution in [0.25, 0.3) is 0 Å². The van der Waals surface area contributed by atoms with Gasteiger partial charge in [0.05, 0.1) is 0 Å². The molecule has 0 aromatic rings. The minimum absolute atomic E-state index is 0.870. The lowest BCUT2D eigenvalue weighted by Gasteiger charge is -2.30. The molecule has 0 heterocycles. The van der Waals surface area contributed by atoms with Gasteiger partial charge in [-0.05, 0) is 43.6 Å². The maximum absolute atomic E-state index is 5.82. The lowest BCUT2D eigenvalue weighted by molar-refractivity contribution is 0.300. The van der Waals surface area contributed by atoms with E-state index < -0.39 is 0 Å². The van der Waals surface area contributed by atoms with Crippen molar-refractivity contribution in [1.82, 2.24) is 0 Å². The molecule has 1 heteroatoms. The fourth-order valence-corrected chi connectivity index (χ4v) is 4.09. The molecule has 2 N–H and O–H groups in total. The van der Waals surface area contributed by atoms with Crippen LogP contribution in [0, 0.1) is 17.8 Å². The zero-order valence-corrected chi connectivity index (χ0v) is 12.1. The van der Waals surface area contributed by atoms with E-state index in [1.54, 1.807) is 0 Å². The second-order valence-electron chi connectivity index (χ2n) is 6.70. The molecule has 18 heavy (non-hydrogen) atoms. The number of hydrogen-bond donors (Lipinski definition) is 1. The summed E-state index contributed by atoms with van der Waals surface area (Å²) in [6.07, 6.45) is 18.8. The first-order valence-corrected chi connectivity index (χ1v) is 8.42. The topological polar surface area (TPSA) is 26.0 Å². The third kappa shape index (κ3) is 4.91. The van der Waals surface area contributed by atoms with E-state index in [1.807, 2.05) is 5.92 Å². The van der Waals surface area contributed by atoms with Crippen LogP contribution in [-0.4, -0.2) is 6.54 Å². The van der Waals surface area contributed by atoms with Crippen molar-refractivity contribution >= 4 is 0 Å². The molecular weight excluding hydrogens is 218 g/mol. The van der Waals surface area contributed by atoms with E-state index in [-0.39, 0.29) is 0 Å². The molecule has 0 bridgehead atoms. The Balaban J connectivity index is 1.74. The summed E-state index contributed by atoms with van der Waals surface area (Å²) in [4.78, 5) is 0. The normalized spacial score (nSPS) is 23.7. The van der Waals surface area contributed by atoms with Gasteiger partial charge < -0.3 is 5.73 Å². The molecule has 0 saturated heterocycles. The molecule has 0 aliphatic heterocycles. The maximum atomic E-state index is 5.82. The first-order valence-electron chi connectivity index (χ1n) is 8.42. The van der Waals surface area contributed by atoms with Crippen molar-refractivity contribution < 1.29 is 0 Å². The smallest absolute Gasteiger partial charge is 0.00718 e. The van der Waals surface area contributed by atoms with Gasteiger partial charge in [-0.2, -0.15) is 0 Å². The molecule has 0 aromatic carbocycles. The Morgan fingerprint density at radius 1 is 0.722 bits per heavy atom. The summed E-state index contributed by atoms with van der Waals surface area (Å²) in [5.41, 5.74) is 5.82. The van der Waals surface area contributed by atoms with E-state index in [0.29, 0.717) is 0 Å². The lowest BCUT2D eigenvalue weighted by atomic mass is 9.76. The van der Waals surface area contributed by atoms with Gasteiger partial charge in [0.1, 0.15) is 0 Å². The molecular formula is C17H32N. The Kier molecular flexibility index (Phi) is 6.54. The van der Waals surface area contributed by atoms with Crippen LogP contribution in [0.2, 0.25) is 0 Å². The van der Waals surface area contributed by atoms with Crippen LogP contribution in [0.4, 0.5) is 0 Å². The first kappa shape index (κ1) is 14.4. The average Bonchev–Trinajstić information content (AvgIpc) is 2.41. The highest BCUT2D eigenvalue weighted by molar-refractivity contribution is 4.95. The molecule has 1 radical (unpaired) electrons. The second-order valence-corrected chi connectivity index (χ2v) is 6.70. The summed E-state index contributed by atoms with van der Waals surface area (Å²) in [6, 6.07) is 0. The van der Waals surface area contributed by atoms with Crippen LogP contribution in [0.3, 0.4) is 0 Å². The highest BCUT2D eigenvalue weighted by atomic mass is 14.5. The molecule has 2 aliphatic rings. The van der Waals surface area contributed by atoms with Gasteiger partial charge in [0.2, 0.25) is 0 Å². The summed E-state index contributed by atoms with van der Waals surface area (Å²) >= 11 is 0. The minimum atomic E-state index is 0.870. The van der Waals surface area contributed by atoms with Gasteiger partial charge in [0.15, 0.2) is 0 Å². The Hall–Kier alpha value is -0.0400. The van der Waals surface area contributed by atoms with Gasteiger partial charge in [-0.25, -0.2) is 0 Å². The average molecular weight is 250 g/mol. The maximum Gasteiger partial charge on any atom is -0.00718 e. The summed E-state index contributed by atoms with van der Waals surface area (Å²) in [7, 11) is 0. The molecule has 2 saturated carbocycles. The SMILES string of the molecule is NCC[C](CC1CCCCC1)CC1CCCCC1. The zero-order valence-electron chi connectivity index (χ0n) is 12.1. The summed E-state index contributed by atoms with van der Waals surface area (Å²) in [5.74, 6) is 3.82. The van der Waals surface area contributed by atoms with Crippen molar-refractivity contribution in [3.05, 3.63) is 5.92 Å². The molecule has 0 unspecified atom stereocenters. The number of nitrogens with two attached hydrogens (primary N) is 1. The summed E-state index contributed by atoms with van der Waals surface area (Å²) in [6.45, 7) is 0.870. The predicted octanol–water partition coefficient (Wildman–Crippen LogP) is 4.85. The van der Waals surface area contributed by atoms with Gasteiger partial charge in [-0.3, -0.25) is 0 Å². The van der Waals surface area contributed by atoms with Gasteiger partial charge >= 0.3 is 0 Å². The van der Waals surface area contributed by atoms with Crippen molar-refractivity contribution in [3.8, 4) is 0 Å². The largest absolute Gasteiger partial charge is 0.330 e. The van der Waals surface area contributed by atoms with E-state index in [1.165, 1.54) is 83.5 Å². The van der Waals surface area contributed by atoms with E-state index >= 15 is 0 Å². The van der Waals surface area contributed by atoms with Crippen molar-refractivity contribution in [1.29, 1.82) is 0 Å². The molecule has 0 amide bonds.